The summed E-state index contributed by atoms with van der Waals surface area (Å²) >= 11 is 6.06. The van der Waals surface area contributed by atoms with Crippen LogP contribution < -0.4 is 9.64 Å². The lowest BCUT2D eigenvalue weighted by molar-refractivity contribution is 0.205. The molecule has 18 heavy (non-hydrogen) atoms. The molecule has 0 radical (unpaired) electrons. The van der Waals surface area contributed by atoms with Gasteiger partial charge in [0.05, 0.1) is 32.4 Å². The van der Waals surface area contributed by atoms with Gasteiger partial charge in [0.15, 0.2) is 5.82 Å². The Morgan fingerprint density at radius 2 is 2.22 bits per heavy atom. The number of methoxy groups -OCH3 is 2. The van der Waals surface area contributed by atoms with Crippen LogP contribution in [0, 0.1) is 11.3 Å². The largest absolute Gasteiger partial charge is 0.467 e. The van der Waals surface area contributed by atoms with Crippen LogP contribution >= 0.6 is 11.6 Å². The Morgan fingerprint density at radius 1 is 1.44 bits per heavy atom. The van der Waals surface area contributed by atoms with Gasteiger partial charge in [-0.25, -0.2) is 4.98 Å². The summed E-state index contributed by atoms with van der Waals surface area (Å²) < 4.78 is 9.99. The molecule has 0 N–H and O–H groups in total. The van der Waals surface area contributed by atoms with Gasteiger partial charge in [-0.05, 0) is 0 Å². The van der Waals surface area contributed by atoms with Gasteiger partial charge in [-0.3, -0.25) is 0 Å². The van der Waals surface area contributed by atoms with Gasteiger partial charge < -0.3 is 14.4 Å². The number of nitriles is 1. The molecule has 0 aromatic carbocycles. The number of nitrogens with zero attached hydrogens (tertiary/aromatic N) is 4. The molecule has 0 aliphatic carbocycles. The Hall–Kier alpha value is -1.58. The summed E-state index contributed by atoms with van der Waals surface area (Å²) in [4.78, 5) is 9.98. The van der Waals surface area contributed by atoms with Crippen LogP contribution in [-0.4, -0.2) is 43.9 Å². The highest BCUT2D eigenvalue weighted by Gasteiger charge is 2.13. The van der Waals surface area contributed by atoms with E-state index in [2.05, 4.69) is 16.0 Å². The van der Waals surface area contributed by atoms with E-state index in [9.17, 15) is 0 Å². The standard InChI is InChI=1S/C11H15ClN4O2/c1-17-7-6-16(5-3-4-13)10-9(12)8-14-11(15-10)18-2/h8H,3,5-7H2,1-2H3. The van der Waals surface area contributed by atoms with E-state index < -0.39 is 0 Å². The molecule has 1 heterocycles. The summed E-state index contributed by atoms with van der Waals surface area (Å²) in [6.45, 7) is 1.64. The summed E-state index contributed by atoms with van der Waals surface area (Å²) in [6, 6.07) is 2.34. The van der Waals surface area contributed by atoms with Crippen molar-refractivity contribution in [2.75, 3.05) is 38.8 Å². The molecule has 0 saturated carbocycles. The Morgan fingerprint density at radius 3 is 2.83 bits per heavy atom. The fourth-order valence-corrected chi connectivity index (χ4v) is 1.58. The lowest BCUT2D eigenvalue weighted by atomic mass is 10.4. The lowest BCUT2D eigenvalue weighted by Gasteiger charge is -2.23. The molecule has 0 fully saturated rings. The maximum absolute atomic E-state index is 8.66. The predicted molar refractivity (Wildman–Crippen MR) is 67.9 cm³/mol. The summed E-state index contributed by atoms with van der Waals surface area (Å²) in [6.07, 6.45) is 1.86. The van der Waals surface area contributed by atoms with Gasteiger partial charge in [-0.2, -0.15) is 10.2 Å². The van der Waals surface area contributed by atoms with Crippen LogP contribution in [0.25, 0.3) is 0 Å². The summed E-state index contributed by atoms with van der Waals surface area (Å²) in [5.74, 6) is 0.552. The van der Waals surface area contributed by atoms with Crippen molar-refractivity contribution in [3.05, 3.63) is 11.2 Å². The first-order valence-corrected chi connectivity index (χ1v) is 5.78. The summed E-state index contributed by atoms with van der Waals surface area (Å²) in [5, 5.41) is 9.08. The van der Waals surface area contributed by atoms with Crippen molar-refractivity contribution in [2.24, 2.45) is 0 Å². The van der Waals surface area contributed by atoms with Crippen LogP contribution in [0.2, 0.25) is 5.02 Å². The van der Waals surface area contributed by atoms with Gasteiger partial charge in [0.25, 0.3) is 0 Å². The van der Waals surface area contributed by atoms with Crippen molar-refractivity contribution in [2.45, 2.75) is 6.42 Å². The minimum atomic E-state index is 0.244. The quantitative estimate of drug-likeness (QED) is 0.748. The molecule has 6 nitrogen and oxygen atoms in total. The first kappa shape index (κ1) is 14.5. The van der Waals surface area contributed by atoms with E-state index in [0.717, 1.165) is 0 Å². The van der Waals surface area contributed by atoms with E-state index >= 15 is 0 Å². The van der Waals surface area contributed by atoms with Crippen LogP contribution in [0.1, 0.15) is 6.42 Å². The van der Waals surface area contributed by atoms with E-state index in [1.807, 2.05) is 4.90 Å². The monoisotopic (exact) mass is 270 g/mol. The molecule has 1 aromatic rings. The molecule has 0 spiro atoms. The minimum absolute atomic E-state index is 0.244. The number of rotatable bonds is 7. The highest BCUT2D eigenvalue weighted by atomic mass is 35.5. The Kier molecular flexibility index (Phi) is 6.19. The number of hydrogen-bond acceptors (Lipinski definition) is 6. The Balaban J connectivity index is 2.91. The predicted octanol–water partition coefficient (Wildman–Crippen LogP) is 1.51. The molecule has 0 unspecified atom stereocenters. The normalized spacial score (nSPS) is 9.89. The number of anilines is 1. The smallest absolute Gasteiger partial charge is 0.318 e. The van der Waals surface area contributed by atoms with Crippen LogP contribution in [0.5, 0.6) is 6.01 Å². The van der Waals surface area contributed by atoms with E-state index in [1.54, 1.807) is 7.11 Å². The molecule has 7 heteroatoms. The lowest BCUT2D eigenvalue weighted by Crippen LogP contribution is -2.29. The van der Waals surface area contributed by atoms with Gasteiger partial charge in [0.2, 0.25) is 0 Å². The first-order valence-electron chi connectivity index (χ1n) is 5.40. The molecule has 1 rings (SSSR count). The van der Waals surface area contributed by atoms with Crippen LogP contribution in [-0.2, 0) is 4.74 Å². The SMILES string of the molecule is COCCN(CCC#N)c1nc(OC)ncc1Cl. The van der Waals surface area contributed by atoms with Crippen LogP contribution in [0.15, 0.2) is 6.20 Å². The van der Waals surface area contributed by atoms with E-state index in [4.69, 9.17) is 26.3 Å². The van der Waals surface area contributed by atoms with Crippen molar-refractivity contribution in [3.8, 4) is 12.1 Å². The average Bonchev–Trinajstić information content (AvgIpc) is 2.40. The maximum Gasteiger partial charge on any atom is 0.318 e. The third-order valence-electron chi connectivity index (χ3n) is 2.24. The second-order valence-electron chi connectivity index (χ2n) is 3.42. The number of hydrogen-bond donors (Lipinski definition) is 0. The van der Waals surface area contributed by atoms with Crippen LogP contribution in [0.3, 0.4) is 0 Å². The van der Waals surface area contributed by atoms with Crippen molar-refractivity contribution in [1.82, 2.24) is 9.97 Å². The molecule has 0 bridgehead atoms. The highest BCUT2D eigenvalue weighted by Crippen LogP contribution is 2.24. The summed E-state index contributed by atoms with van der Waals surface area (Å²) in [5.41, 5.74) is 0. The van der Waals surface area contributed by atoms with E-state index in [0.29, 0.717) is 37.0 Å². The number of aromatic nitrogens is 2. The fourth-order valence-electron chi connectivity index (χ4n) is 1.37. The van der Waals surface area contributed by atoms with Gasteiger partial charge in [-0.15, -0.1) is 0 Å². The molecule has 98 valence electrons. The molecular weight excluding hydrogens is 256 g/mol. The zero-order valence-electron chi connectivity index (χ0n) is 10.4. The maximum atomic E-state index is 8.66. The zero-order valence-corrected chi connectivity index (χ0v) is 11.1. The molecule has 0 aliphatic rings. The molecule has 1 aromatic heterocycles. The van der Waals surface area contributed by atoms with Gasteiger partial charge in [0, 0.05) is 20.2 Å². The third-order valence-corrected chi connectivity index (χ3v) is 2.51. The second-order valence-corrected chi connectivity index (χ2v) is 3.82. The minimum Gasteiger partial charge on any atom is -0.467 e. The molecule has 0 aliphatic heterocycles. The summed E-state index contributed by atoms with van der Waals surface area (Å²) in [7, 11) is 3.10. The van der Waals surface area contributed by atoms with Gasteiger partial charge in [-0.1, -0.05) is 11.6 Å². The van der Waals surface area contributed by atoms with Crippen molar-refractivity contribution in [1.29, 1.82) is 5.26 Å². The first-order chi connectivity index (χ1) is 8.72. The van der Waals surface area contributed by atoms with Crippen molar-refractivity contribution < 1.29 is 9.47 Å². The molecule has 0 atom stereocenters. The molecular formula is C11H15ClN4O2. The number of ether oxygens (including phenoxy) is 2. The van der Waals surface area contributed by atoms with Crippen molar-refractivity contribution >= 4 is 17.4 Å². The topological polar surface area (TPSA) is 71.3 Å². The Labute approximate surface area is 111 Å². The average molecular weight is 271 g/mol. The molecule has 0 amide bonds. The number of halogens is 1. The van der Waals surface area contributed by atoms with Gasteiger partial charge in [0.1, 0.15) is 5.02 Å². The van der Waals surface area contributed by atoms with Gasteiger partial charge >= 0.3 is 6.01 Å². The van der Waals surface area contributed by atoms with E-state index in [1.165, 1.54) is 13.3 Å². The zero-order chi connectivity index (χ0) is 13.4. The second kappa shape index (κ2) is 7.69. The van der Waals surface area contributed by atoms with E-state index in [-0.39, 0.29) is 6.01 Å². The Bertz CT molecular complexity index is 422. The van der Waals surface area contributed by atoms with Crippen molar-refractivity contribution in [3.63, 3.8) is 0 Å². The third kappa shape index (κ3) is 4.02. The fraction of sp³-hybridized carbons (Fsp3) is 0.545. The molecule has 0 saturated heterocycles. The highest BCUT2D eigenvalue weighted by molar-refractivity contribution is 6.32. The van der Waals surface area contributed by atoms with Crippen LogP contribution in [0.4, 0.5) is 5.82 Å².